The molecule has 0 aromatic rings. The lowest BCUT2D eigenvalue weighted by Gasteiger charge is -2.18. The van der Waals surface area contributed by atoms with Gasteiger partial charge in [0.1, 0.15) is 13.2 Å². The highest BCUT2D eigenvalue weighted by Gasteiger charge is 2.19. The molecule has 0 spiro atoms. The van der Waals surface area contributed by atoms with Crippen LogP contribution < -0.4 is 0 Å². The van der Waals surface area contributed by atoms with Crippen molar-refractivity contribution in [2.75, 3.05) is 13.2 Å². The first kappa shape index (κ1) is 60.8. The van der Waals surface area contributed by atoms with E-state index in [4.69, 9.17) is 14.2 Å². The number of hydrogen-bond donors (Lipinski definition) is 0. The molecule has 366 valence electrons. The molecule has 0 fully saturated rings. The summed E-state index contributed by atoms with van der Waals surface area (Å²) in [5.74, 6) is -0.974. The van der Waals surface area contributed by atoms with E-state index in [1.165, 1.54) is 12.8 Å². The maximum atomic E-state index is 12.8. The SMILES string of the molecule is CC/C=C\C/C=C\C/C=C\C/C=C\CCCCCCCCC(=O)OCC(COC(=O)CCCCCCC/C=C\C/C=C\CC)OC(=O)CCCCC/C=C\C/C=C\C/C=C\C/C=C\CC. The van der Waals surface area contributed by atoms with E-state index in [2.05, 4.69) is 142 Å². The molecule has 0 saturated heterocycles. The number of carbonyl (C=O) groups is 3. The van der Waals surface area contributed by atoms with E-state index < -0.39 is 6.10 Å². The van der Waals surface area contributed by atoms with Crippen LogP contribution in [0.3, 0.4) is 0 Å². The molecule has 0 heterocycles. The van der Waals surface area contributed by atoms with Crippen LogP contribution in [0.5, 0.6) is 0 Å². The van der Waals surface area contributed by atoms with Crippen LogP contribution in [-0.4, -0.2) is 37.2 Å². The summed E-state index contributed by atoms with van der Waals surface area (Å²) in [4.78, 5) is 38.0. The summed E-state index contributed by atoms with van der Waals surface area (Å²) in [6.45, 7) is 6.23. The molecular formula is C59H94O6. The van der Waals surface area contributed by atoms with E-state index in [0.717, 1.165) is 161 Å². The third-order valence-electron chi connectivity index (χ3n) is 10.4. The Morgan fingerprint density at radius 2 is 0.554 bits per heavy atom. The molecule has 6 heteroatoms. The Labute approximate surface area is 399 Å². The average molecular weight is 899 g/mol. The molecule has 0 aromatic carbocycles. The molecule has 0 aliphatic heterocycles. The number of hydrogen-bond acceptors (Lipinski definition) is 6. The molecule has 6 nitrogen and oxygen atoms in total. The summed E-state index contributed by atoms with van der Waals surface area (Å²) in [7, 11) is 0. The predicted molar refractivity (Wildman–Crippen MR) is 279 cm³/mol. The van der Waals surface area contributed by atoms with Gasteiger partial charge >= 0.3 is 17.9 Å². The normalized spacial score (nSPS) is 13.1. The molecule has 0 N–H and O–H groups in total. The predicted octanol–water partition coefficient (Wildman–Crippen LogP) is 17.3. The Bertz CT molecular complexity index is 1400. The van der Waals surface area contributed by atoms with Gasteiger partial charge in [0.25, 0.3) is 0 Å². The van der Waals surface area contributed by atoms with Gasteiger partial charge in [0, 0.05) is 19.3 Å². The number of esters is 3. The number of unbranched alkanes of at least 4 members (excludes halogenated alkanes) is 14. The topological polar surface area (TPSA) is 78.9 Å². The number of rotatable bonds is 45. The zero-order valence-corrected chi connectivity index (χ0v) is 41.7. The van der Waals surface area contributed by atoms with Crippen molar-refractivity contribution in [2.45, 2.75) is 219 Å². The molecule has 0 saturated carbocycles. The highest BCUT2D eigenvalue weighted by Crippen LogP contribution is 2.13. The van der Waals surface area contributed by atoms with E-state index in [0.29, 0.717) is 12.8 Å². The van der Waals surface area contributed by atoms with Gasteiger partial charge in [-0.2, -0.15) is 0 Å². The lowest BCUT2D eigenvalue weighted by Crippen LogP contribution is -2.30. The Hall–Kier alpha value is -4.19. The van der Waals surface area contributed by atoms with Gasteiger partial charge in [-0.3, -0.25) is 14.4 Å². The average Bonchev–Trinajstić information content (AvgIpc) is 3.30. The monoisotopic (exact) mass is 899 g/mol. The smallest absolute Gasteiger partial charge is 0.306 e. The van der Waals surface area contributed by atoms with Crippen molar-refractivity contribution >= 4 is 17.9 Å². The number of ether oxygens (including phenoxy) is 3. The van der Waals surface area contributed by atoms with Gasteiger partial charge in [-0.15, -0.1) is 0 Å². The lowest BCUT2D eigenvalue weighted by atomic mass is 10.1. The second-order valence-corrected chi connectivity index (χ2v) is 16.6. The maximum Gasteiger partial charge on any atom is 0.306 e. The van der Waals surface area contributed by atoms with Crippen LogP contribution in [0.15, 0.2) is 122 Å². The van der Waals surface area contributed by atoms with E-state index in [9.17, 15) is 14.4 Å². The number of allylic oxidation sites excluding steroid dienone is 20. The van der Waals surface area contributed by atoms with E-state index in [-0.39, 0.29) is 37.5 Å². The van der Waals surface area contributed by atoms with Crippen LogP contribution in [0.1, 0.15) is 213 Å². The third kappa shape index (κ3) is 50.7. The molecule has 0 aliphatic rings. The van der Waals surface area contributed by atoms with Crippen LogP contribution in [0.25, 0.3) is 0 Å². The van der Waals surface area contributed by atoms with Crippen LogP contribution >= 0.6 is 0 Å². The Balaban J connectivity index is 4.48. The van der Waals surface area contributed by atoms with Gasteiger partial charge in [-0.25, -0.2) is 0 Å². The van der Waals surface area contributed by atoms with Crippen molar-refractivity contribution in [3.8, 4) is 0 Å². The van der Waals surface area contributed by atoms with Crippen molar-refractivity contribution in [3.63, 3.8) is 0 Å². The summed E-state index contributed by atoms with van der Waals surface area (Å²) in [6, 6.07) is 0. The fourth-order valence-corrected chi connectivity index (χ4v) is 6.64. The van der Waals surface area contributed by atoms with Gasteiger partial charge in [0.15, 0.2) is 6.10 Å². The minimum atomic E-state index is -0.810. The molecule has 0 rings (SSSR count). The summed E-state index contributed by atoms with van der Waals surface area (Å²) in [6.07, 6.45) is 71.8. The second-order valence-electron chi connectivity index (χ2n) is 16.6. The zero-order valence-electron chi connectivity index (χ0n) is 41.7. The van der Waals surface area contributed by atoms with E-state index >= 15 is 0 Å². The van der Waals surface area contributed by atoms with Gasteiger partial charge < -0.3 is 14.2 Å². The highest BCUT2D eigenvalue weighted by molar-refractivity contribution is 5.71. The maximum absolute atomic E-state index is 12.8. The standard InChI is InChI=1S/C59H94O6/c1-4-7-10-13-16-19-22-25-27-29-30-31-33-34-37-40-43-46-49-52-58(61)64-55-56(54-63-57(60)51-48-45-42-39-36-24-21-18-15-12-9-6-3)65-59(62)53-50-47-44-41-38-35-32-28-26-23-20-17-14-11-8-5-2/h7-12,16-21,25-28,30-31,35,38,56H,4-6,13-15,22-24,29,32-34,36-37,39-55H2,1-3H3/b10-7-,11-8-,12-9-,19-16-,20-17-,21-18-,27-25-,28-26-,31-30-,38-35-. The van der Waals surface area contributed by atoms with E-state index in [1.807, 2.05) is 0 Å². The Morgan fingerprint density at radius 1 is 0.308 bits per heavy atom. The number of carbonyl (C=O) groups excluding carboxylic acids is 3. The minimum absolute atomic E-state index is 0.107. The van der Waals surface area contributed by atoms with Gasteiger partial charge in [-0.05, 0) is 122 Å². The largest absolute Gasteiger partial charge is 0.462 e. The molecule has 65 heavy (non-hydrogen) atoms. The van der Waals surface area contributed by atoms with Crippen molar-refractivity contribution < 1.29 is 28.6 Å². The van der Waals surface area contributed by atoms with Crippen LogP contribution in [0.4, 0.5) is 0 Å². The summed E-state index contributed by atoms with van der Waals surface area (Å²) < 4.78 is 16.8. The van der Waals surface area contributed by atoms with Crippen molar-refractivity contribution in [2.24, 2.45) is 0 Å². The van der Waals surface area contributed by atoms with Crippen LogP contribution in [0, 0.1) is 0 Å². The van der Waals surface area contributed by atoms with Crippen LogP contribution in [0.2, 0.25) is 0 Å². The quantitative estimate of drug-likeness (QED) is 0.0262. The summed E-state index contributed by atoms with van der Waals surface area (Å²) >= 11 is 0. The van der Waals surface area contributed by atoms with Gasteiger partial charge in [0.05, 0.1) is 0 Å². The second kappa shape index (κ2) is 52.4. The minimum Gasteiger partial charge on any atom is -0.462 e. The molecule has 0 amide bonds. The Morgan fingerprint density at radius 3 is 0.877 bits per heavy atom. The van der Waals surface area contributed by atoms with Crippen molar-refractivity contribution in [1.29, 1.82) is 0 Å². The van der Waals surface area contributed by atoms with Crippen LogP contribution in [-0.2, 0) is 28.6 Å². The van der Waals surface area contributed by atoms with E-state index in [1.54, 1.807) is 0 Å². The first-order valence-electron chi connectivity index (χ1n) is 26.0. The fraction of sp³-hybridized carbons (Fsp3) is 0.610. The molecule has 1 atom stereocenters. The summed E-state index contributed by atoms with van der Waals surface area (Å²) in [5, 5.41) is 0. The molecule has 0 radical (unpaired) electrons. The van der Waals surface area contributed by atoms with Gasteiger partial charge in [0.2, 0.25) is 0 Å². The van der Waals surface area contributed by atoms with Crippen molar-refractivity contribution in [3.05, 3.63) is 122 Å². The lowest BCUT2D eigenvalue weighted by molar-refractivity contribution is -0.167. The molecule has 0 aliphatic carbocycles. The van der Waals surface area contributed by atoms with Crippen molar-refractivity contribution in [1.82, 2.24) is 0 Å². The first-order chi connectivity index (χ1) is 32.0. The molecule has 0 aromatic heterocycles. The zero-order chi connectivity index (χ0) is 47.2. The summed E-state index contributed by atoms with van der Waals surface area (Å²) in [5.41, 5.74) is 0. The van der Waals surface area contributed by atoms with Gasteiger partial charge in [-0.1, -0.05) is 194 Å². The fourth-order valence-electron chi connectivity index (χ4n) is 6.64. The molecule has 1 unspecified atom stereocenters. The first-order valence-corrected chi connectivity index (χ1v) is 26.0. The highest BCUT2D eigenvalue weighted by atomic mass is 16.6. The Kier molecular flexibility index (Phi) is 49.1. The molecule has 0 bridgehead atoms. The third-order valence-corrected chi connectivity index (χ3v) is 10.4. The molecular weight excluding hydrogens is 805 g/mol.